The van der Waals surface area contributed by atoms with Crippen molar-refractivity contribution in [3.05, 3.63) is 61.4 Å². The second kappa shape index (κ2) is 11.9. The van der Waals surface area contributed by atoms with Crippen molar-refractivity contribution in [1.29, 1.82) is 0 Å². The zero-order valence-corrected chi connectivity index (χ0v) is 11.6. The van der Waals surface area contributed by atoms with E-state index < -0.39 is 0 Å². The molecule has 0 heterocycles. The van der Waals surface area contributed by atoms with E-state index in [1.54, 1.807) is 12.2 Å². The molecule has 0 saturated carbocycles. The van der Waals surface area contributed by atoms with Crippen LogP contribution in [0.3, 0.4) is 0 Å². The molecule has 0 unspecified atom stereocenters. The summed E-state index contributed by atoms with van der Waals surface area (Å²) in [5, 5.41) is 0. The van der Waals surface area contributed by atoms with E-state index in [2.05, 4.69) is 44.2 Å². The van der Waals surface area contributed by atoms with Crippen LogP contribution < -0.4 is 0 Å². The Kier molecular flexibility index (Phi) is 10.9. The summed E-state index contributed by atoms with van der Waals surface area (Å²) in [7, 11) is 2.07. The molecule has 0 aromatic carbocycles. The van der Waals surface area contributed by atoms with Gasteiger partial charge >= 0.3 is 0 Å². The first-order chi connectivity index (χ1) is 8.74. The van der Waals surface area contributed by atoms with Crippen LogP contribution in [-0.2, 0) is 4.74 Å². The molecule has 0 aliphatic heterocycles. The van der Waals surface area contributed by atoms with Crippen molar-refractivity contribution in [3.8, 4) is 0 Å². The second-order valence-electron chi connectivity index (χ2n) is 3.93. The molecule has 2 nitrogen and oxygen atoms in total. The first-order valence-electron chi connectivity index (χ1n) is 6.32. The highest BCUT2D eigenvalue weighted by Gasteiger charge is 1.90. The SMILES string of the molecule is C=C/C=C\CN(C)C/C=C/C=C(\C=C)OCCC. The topological polar surface area (TPSA) is 12.5 Å². The first kappa shape index (κ1) is 16.5. The van der Waals surface area contributed by atoms with Gasteiger partial charge in [0.1, 0.15) is 5.76 Å². The molecule has 0 atom stereocenters. The summed E-state index contributed by atoms with van der Waals surface area (Å²) in [6.07, 6.45) is 14.6. The molecule has 0 bridgehead atoms. The van der Waals surface area contributed by atoms with Crippen molar-refractivity contribution in [2.75, 3.05) is 26.7 Å². The molecule has 0 N–H and O–H groups in total. The van der Waals surface area contributed by atoms with Gasteiger partial charge in [0.05, 0.1) is 6.61 Å². The molecule has 2 heteroatoms. The van der Waals surface area contributed by atoms with Crippen molar-refractivity contribution in [2.24, 2.45) is 0 Å². The molecule has 100 valence electrons. The number of likely N-dealkylation sites (N-methyl/N-ethyl adjacent to an activating group) is 1. The van der Waals surface area contributed by atoms with Crippen LogP contribution in [0.25, 0.3) is 0 Å². The average molecular weight is 247 g/mol. The van der Waals surface area contributed by atoms with Crippen LogP contribution in [0.4, 0.5) is 0 Å². The quantitative estimate of drug-likeness (QED) is 0.431. The molecule has 0 aliphatic rings. The zero-order chi connectivity index (χ0) is 13.6. The predicted molar refractivity (Wildman–Crippen MR) is 80.5 cm³/mol. The van der Waals surface area contributed by atoms with Gasteiger partial charge in [-0.25, -0.2) is 0 Å². The summed E-state index contributed by atoms with van der Waals surface area (Å²) < 4.78 is 5.48. The van der Waals surface area contributed by atoms with E-state index in [-0.39, 0.29) is 0 Å². The maximum Gasteiger partial charge on any atom is 0.118 e. The normalized spacial score (nSPS) is 12.5. The van der Waals surface area contributed by atoms with Crippen molar-refractivity contribution >= 4 is 0 Å². The minimum atomic E-state index is 0.734. The monoisotopic (exact) mass is 247 g/mol. The van der Waals surface area contributed by atoms with Crippen LogP contribution in [0.1, 0.15) is 13.3 Å². The summed E-state index contributed by atoms with van der Waals surface area (Å²) in [5.41, 5.74) is 0. The van der Waals surface area contributed by atoms with E-state index in [9.17, 15) is 0 Å². The third kappa shape index (κ3) is 9.67. The number of allylic oxidation sites excluding steroid dienone is 5. The highest BCUT2D eigenvalue weighted by Crippen LogP contribution is 2.00. The molecule has 0 radical (unpaired) electrons. The molecule has 18 heavy (non-hydrogen) atoms. The molecule has 0 spiro atoms. The molecule has 0 aromatic rings. The molecule has 0 amide bonds. The third-order valence-corrected chi connectivity index (χ3v) is 2.18. The van der Waals surface area contributed by atoms with E-state index in [1.807, 2.05) is 18.2 Å². The van der Waals surface area contributed by atoms with E-state index in [1.165, 1.54) is 0 Å². The van der Waals surface area contributed by atoms with Crippen LogP contribution in [0.15, 0.2) is 61.4 Å². The van der Waals surface area contributed by atoms with E-state index in [0.29, 0.717) is 0 Å². The minimum absolute atomic E-state index is 0.734. The van der Waals surface area contributed by atoms with Crippen LogP contribution in [0.5, 0.6) is 0 Å². The van der Waals surface area contributed by atoms with Crippen molar-refractivity contribution < 1.29 is 4.74 Å². The summed E-state index contributed by atoms with van der Waals surface area (Å²) in [6.45, 7) is 12.0. The number of rotatable bonds is 10. The van der Waals surface area contributed by atoms with Crippen molar-refractivity contribution in [1.82, 2.24) is 4.90 Å². The number of ether oxygens (including phenoxy) is 1. The molecular weight excluding hydrogens is 222 g/mol. The van der Waals surface area contributed by atoms with Gasteiger partial charge in [-0.3, -0.25) is 4.90 Å². The number of nitrogens with zero attached hydrogens (tertiary/aromatic N) is 1. The fourth-order valence-electron chi connectivity index (χ4n) is 1.21. The standard InChI is InChI=1S/C16H25NO/c1-5-8-10-13-17(4)14-11-9-12-16(7-3)18-15-6-2/h5,7-12H,1,3,6,13-15H2,2,4H3/b10-8-,11-9+,16-12+. The van der Waals surface area contributed by atoms with Crippen LogP contribution >= 0.6 is 0 Å². The van der Waals surface area contributed by atoms with Crippen LogP contribution in [-0.4, -0.2) is 31.6 Å². The Morgan fingerprint density at radius 1 is 1.17 bits per heavy atom. The lowest BCUT2D eigenvalue weighted by Gasteiger charge is -2.10. The zero-order valence-electron chi connectivity index (χ0n) is 11.6. The van der Waals surface area contributed by atoms with E-state index in [4.69, 9.17) is 4.74 Å². The lowest BCUT2D eigenvalue weighted by atomic mass is 10.3. The van der Waals surface area contributed by atoms with Gasteiger partial charge in [-0.05, 0) is 25.6 Å². The lowest BCUT2D eigenvalue weighted by Crippen LogP contribution is -2.17. The molecule has 0 saturated heterocycles. The van der Waals surface area contributed by atoms with Gasteiger partial charge in [0, 0.05) is 13.1 Å². The first-order valence-corrected chi connectivity index (χ1v) is 6.32. The van der Waals surface area contributed by atoms with Gasteiger partial charge in [-0.2, -0.15) is 0 Å². The van der Waals surface area contributed by atoms with E-state index >= 15 is 0 Å². The fraction of sp³-hybridized carbons (Fsp3) is 0.375. The van der Waals surface area contributed by atoms with Crippen molar-refractivity contribution in [2.45, 2.75) is 13.3 Å². The number of hydrogen-bond acceptors (Lipinski definition) is 2. The summed E-state index contributed by atoms with van der Waals surface area (Å²) >= 11 is 0. The van der Waals surface area contributed by atoms with Gasteiger partial charge in [0.2, 0.25) is 0 Å². The Balaban J connectivity index is 3.98. The highest BCUT2D eigenvalue weighted by molar-refractivity contribution is 5.16. The van der Waals surface area contributed by atoms with Gasteiger partial charge in [0.25, 0.3) is 0 Å². The minimum Gasteiger partial charge on any atom is -0.494 e. The van der Waals surface area contributed by atoms with Crippen LogP contribution in [0.2, 0.25) is 0 Å². The Bertz CT molecular complexity index is 313. The summed E-state index contributed by atoms with van der Waals surface area (Å²) in [4.78, 5) is 2.20. The molecule has 0 aromatic heterocycles. The Morgan fingerprint density at radius 3 is 2.39 bits per heavy atom. The van der Waals surface area contributed by atoms with Gasteiger partial charge in [-0.1, -0.05) is 50.5 Å². The molecular formula is C16H25NO. The fourth-order valence-corrected chi connectivity index (χ4v) is 1.21. The van der Waals surface area contributed by atoms with Crippen LogP contribution in [0, 0.1) is 0 Å². The van der Waals surface area contributed by atoms with Gasteiger partial charge in [-0.15, -0.1) is 0 Å². The summed E-state index contributed by atoms with van der Waals surface area (Å²) in [6, 6.07) is 0. The largest absolute Gasteiger partial charge is 0.494 e. The molecule has 0 aliphatic carbocycles. The number of hydrogen-bond donors (Lipinski definition) is 0. The average Bonchev–Trinajstić information content (AvgIpc) is 2.38. The second-order valence-corrected chi connectivity index (χ2v) is 3.93. The lowest BCUT2D eigenvalue weighted by molar-refractivity contribution is 0.225. The predicted octanol–water partition coefficient (Wildman–Crippen LogP) is 3.71. The summed E-state index contributed by atoms with van der Waals surface area (Å²) in [5.74, 6) is 0.822. The van der Waals surface area contributed by atoms with Gasteiger partial charge in [0.15, 0.2) is 0 Å². The smallest absolute Gasteiger partial charge is 0.118 e. The maximum absolute atomic E-state index is 5.48. The Labute approximate surface area is 112 Å². The van der Waals surface area contributed by atoms with Crippen molar-refractivity contribution in [3.63, 3.8) is 0 Å². The highest BCUT2D eigenvalue weighted by atomic mass is 16.5. The molecule has 0 rings (SSSR count). The third-order valence-electron chi connectivity index (χ3n) is 2.18. The maximum atomic E-state index is 5.48. The van der Waals surface area contributed by atoms with E-state index in [0.717, 1.165) is 31.9 Å². The van der Waals surface area contributed by atoms with Gasteiger partial charge < -0.3 is 4.74 Å². The Morgan fingerprint density at radius 2 is 1.83 bits per heavy atom. The molecule has 0 fully saturated rings. The Hall–Kier alpha value is -1.54.